The van der Waals surface area contributed by atoms with Gasteiger partial charge in [-0.25, -0.2) is 0 Å². The van der Waals surface area contributed by atoms with Crippen molar-refractivity contribution in [1.29, 1.82) is 0 Å². The minimum Gasteiger partial charge on any atom is -0.497 e. The van der Waals surface area contributed by atoms with Crippen molar-refractivity contribution in [3.8, 4) is 5.75 Å². The van der Waals surface area contributed by atoms with E-state index in [2.05, 4.69) is 4.90 Å². The highest BCUT2D eigenvalue weighted by atomic mass is 16.5. The maximum Gasteiger partial charge on any atom is 0.118 e. The van der Waals surface area contributed by atoms with Crippen LogP contribution in [0.25, 0.3) is 0 Å². The fourth-order valence-electron chi connectivity index (χ4n) is 1.91. The van der Waals surface area contributed by atoms with Gasteiger partial charge in [0.1, 0.15) is 5.75 Å². The lowest BCUT2D eigenvalue weighted by atomic mass is 10.1. The number of nitrogens with zero attached hydrogens (tertiary/aromatic N) is 1. The number of rotatable bonds is 10. The van der Waals surface area contributed by atoms with Crippen molar-refractivity contribution in [2.75, 3.05) is 54.2 Å². The number of aliphatic hydroxyl groups is 1. The van der Waals surface area contributed by atoms with E-state index < -0.39 is 6.10 Å². The second-order valence-electron chi connectivity index (χ2n) is 4.58. The molecule has 20 heavy (non-hydrogen) atoms. The summed E-state index contributed by atoms with van der Waals surface area (Å²) in [5.74, 6) is 0.788. The minimum atomic E-state index is -0.533. The van der Waals surface area contributed by atoms with Gasteiger partial charge >= 0.3 is 0 Å². The molecule has 1 atom stereocenters. The van der Waals surface area contributed by atoms with E-state index in [0.717, 1.165) is 24.4 Å². The van der Waals surface area contributed by atoms with Gasteiger partial charge in [0.2, 0.25) is 0 Å². The molecule has 0 saturated carbocycles. The van der Waals surface area contributed by atoms with E-state index in [4.69, 9.17) is 14.2 Å². The first-order chi connectivity index (χ1) is 9.71. The first kappa shape index (κ1) is 16.9. The highest BCUT2D eigenvalue weighted by molar-refractivity contribution is 5.28. The van der Waals surface area contributed by atoms with Crippen molar-refractivity contribution in [3.63, 3.8) is 0 Å². The van der Waals surface area contributed by atoms with Crippen molar-refractivity contribution in [2.24, 2.45) is 0 Å². The van der Waals surface area contributed by atoms with Crippen LogP contribution in [0.4, 0.5) is 0 Å². The van der Waals surface area contributed by atoms with Crippen LogP contribution >= 0.6 is 0 Å². The molecular formula is C15H25NO4. The fourth-order valence-corrected chi connectivity index (χ4v) is 1.91. The maximum atomic E-state index is 10.3. The molecule has 0 heterocycles. The Kier molecular flexibility index (Phi) is 8.22. The summed E-state index contributed by atoms with van der Waals surface area (Å²) in [7, 11) is 4.98. The molecule has 0 spiro atoms. The van der Waals surface area contributed by atoms with Crippen LogP contribution < -0.4 is 4.74 Å². The zero-order chi connectivity index (χ0) is 14.8. The third kappa shape index (κ3) is 5.88. The molecule has 0 aromatic heterocycles. The van der Waals surface area contributed by atoms with Crippen molar-refractivity contribution in [3.05, 3.63) is 29.8 Å². The number of ether oxygens (including phenoxy) is 3. The number of hydrogen-bond donors (Lipinski definition) is 1. The van der Waals surface area contributed by atoms with Gasteiger partial charge in [0, 0.05) is 33.9 Å². The summed E-state index contributed by atoms with van der Waals surface area (Å²) < 4.78 is 15.3. The molecule has 0 aliphatic heterocycles. The molecule has 0 amide bonds. The topological polar surface area (TPSA) is 51.2 Å². The van der Waals surface area contributed by atoms with E-state index in [9.17, 15) is 5.11 Å². The second kappa shape index (κ2) is 9.72. The number of hydrogen-bond acceptors (Lipinski definition) is 5. The van der Waals surface area contributed by atoms with Crippen molar-refractivity contribution in [2.45, 2.75) is 6.10 Å². The van der Waals surface area contributed by atoms with Crippen molar-refractivity contribution in [1.82, 2.24) is 4.90 Å². The van der Waals surface area contributed by atoms with Gasteiger partial charge in [-0.2, -0.15) is 0 Å². The molecular weight excluding hydrogens is 258 g/mol. The number of aliphatic hydroxyl groups excluding tert-OH is 1. The molecule has 114 valence electrons. The molecule has 0 saturated heterocycles. The van der Waals surface area contributed by atoms with Crippen LogP contribution in [0.15, 0.2) is 24.3 Å². The van der Waals surface area contributed by atoms with Gasteiger partial charge in [-0.1, -0.05) is 12.1 Å². The van der Waals surface area contributed by atoms with Crippen LogP contribution in [0.1, 0.15) is 11.7 Å². The third-order valence-corrected chi connectivity index (χ3v) is 3.15. The summed E-state index contributed by atoms with van der Waals surface area (Å²) in [5.41, 5.74) is 0.880. The first-order valence-corrected chi connectivity index (χ1v) is 6.73. The van der Waals surface area contributed by atoms with Gasteiger partial charge in [0.25, 0.3) is 0 Å². The van der Waals surface area contributed by atoms with E-state index in [-0.39, 0.29) is 0 Å². The lowest BCUT2D eigenvalue weighted by Crippen LogP contribution is -2.34. The molecule has 1 aromatic rings. The normalized spacial score (nSPS) is 12.7. The predicted molar refractivity (Wildman–Crippen MR) is 78.1 cm³/mol. The monoisotopic (exact) mass is 283 g/mol. The van der Waals surface area contributed by atoms with Gasteiger partial charge in [-0.15, -0.1) is 0 Å². The molecule has 0 bridgehead atoms. The quantitative estimate of drug-likeness (QED) is 0.702. The molecule has 5 nitrogen and oxygen atoms in total. The highest BCUT2D eigenvalue weighted by Gasteiger charge is 2.13. The standard InChI is InChI=1S/C15H25NO4/c1-18-10-8-16(9-11-19-2)12-15(17)13-4-6-14(20-3)7-5-13/h4-7,15,17H,8-12H2,1-3H3. The first-order valence-electron chi connectivity index (χ1n) is 6.73. The van der Waals surface area contributed by atoms with E-state index in [0.29, 0.717) is 19.8 Å². The zero-order valence-electron chi connectivity index (χ0n) is 12.5. The third-order valence-electron chi connectivity index (χ3n) is 3.15. The number of methoxy groups -OCH3 is 3. The van der Waals surface area contributed by atoms with E-state index in [1.165, 1.54) is 0 Å². The van der Waals surface area contributed by atoms with Crippen LogP contribution in [0.5, 0.6) is 5.75 Å². The predicted octanol–water partition coefficient (Wildman–Crippen LogP) is 1.32. The molecule has 0 aliphatic carbocycles. The lowest BCUT2D eigenvalue weighted by Gasteiger charge is -2.24. The van der Waals surface area contributed by atoms with Gasteiger partial charge in [0.05, 0.1) is 26.4 Å². The zero-order valence-corrected chi connectivity index (χ0v) is 12.5. The van der Waals surface area contributed by atoms with Crippen LogP contribution in [0, 0.1) is 0 Å². The van der Waals surface area contributed by atoms with Crippen LogP contribution in [0.3, 0.4) is 0 Å². The van der Waals surface area contributed by atoms with Crippen molar-refractivity contribution >= 4 is 0 Å². The average Bonchev–Trinajstić information content (AvgIpc) is 2.49. The summed E-state index contributed by atoms with van der Waals surface area (Å²) in [4.78, 5) is 2.13. The van der Waals surface area contributed by atoms with Gasteiger partial charge in [-0.05, 0) is 17.7 Å². The highest BCUT2D eigenvalue weighted by Crippen LogP contribution is 2.18. The second-order valence-corrected chi connectivity index (χ2v) is 4.58. The van der Waals surface area contributed by atoms with Crippen LogP contribution in [0.2, 0.25) is 0 Å². The smallest absolute Gasteiger partial charge is 0.118 e. The average molecular weight is 283 g/mol. The summed E-state index contributed by atoms with van der Waals surface area (Å²) in [5, 5.41) is 10.3. The van der Waals surface area contributed by atoms with Gasteiger partial charge < -0.3 is 19.3 Å². The molecule has 1 aromatic carbocycles. The summed E-state index contributed by atoms with van der Waals surface area (Å²) in [6.45, 7) is 3.37. The summed E-state index contributed by atoms with van der Waals surface area (Å²) in [6.07, 6.45) is -0.533. The molecule has 1 rings (SSSR count). The molecule has 0 radical (unpaired) electrons. The van der Waals surface area contributed by atoms with Gasteiger partial charge in [0.15, 0.2) is 0 Å². The molecule has 5 heteroatoms. The number of benzene rings is 1. The summed E-state index contributed by atoms with van der Waals surface area (Å²) >= 11 is 0. The van der Waals surface area contributed by atoms with Crippen LogP contribution in [-0.4, -0.2) is 64.2 Å². The Balaban J connectivity index is 2.55. The Labute approximate surface area is 121 Å². The summed E-state index contributed by atoms with van der Waals surface area (Å²) in [6, 6.07) is 7.48. The Morgan fingerprint density at radius 3 is 2.00 bits per heavy atom. The lowest BCUT2D eigenvalue weighted by molar-refractivity contribution is 0.0697. The van der Waals surface area contributed by atoms with E-state index in [1.54, 1.807) is 21.3 Å². The Morgan fingerprint density at radius 2 is 1.55 bits per heavy atom. The minimum absolute atomic E-state index is 0.533. The SMILES string of the molecule is COCCN(CCOC)CC(O)c1ccc(OC)cc1. The fraction of sp³-hybridized carbons (Fsp3) is 0.600. The molecule has 1 unspecified atom stereocenters. The maximum absolute atomic E-state index is 10.3. The van der Waals surface area contributed by atoms with E-state index >= 15 is 0 Å². The largest absolute Gasteiger partial charge is 0.497 e. The Hall–Kier alpha value is -1.14. The Morgan fingerprint density at radius 1 is 1.00 bits per heavy atom. The molecule has 0 aliphatic rings. The molecule has 0 fully saturated rings. The molecule has 1 N–H and O–H groups in total. The van der Waals surface area contributed by atoms with E-state index in [1.807, 2.05) is 24.3 Å². The van der Waals surface area contributed by atoms with Crippen LogP contribution in [-0.2, 0) is 9.47 Å². The van der Waals surface area contributed by atoms with Gasteiger partial charge in [-0.3, -0.25) is 4.90 Å². The Bertz CT molecular complexity index is 347. The van der Waals surface area contributed by atoms with Crippen molar-refractivity contribution < 1.29 is 19.3 Å².